The standard InChI is InChI=1S/C16H21NO4/c1-20-8-7-17-15(18)11-21-16(19)10-12-5-6-13-3-2-4-14(13)9-12/h5-6,9H,2-4,7-8,10-11H2,1H3,(H,17,18). The van der Waals surface area contributed by atoms with Crippen LogP contribution in [-0.4, -0.2) is 38.7 Å². The molecule has 0 fully saturated rings. The summed E-state index contributed by atoms with van der Waals surface area (Å²) in [4.78, 5) is 23.1. The first-order valence-electron chi connectivity index (χ1n) is 7.21. The van der Waals surface area contributed by atoms with E-state index >= 15 is 0 Å². The SMILES string of the molecule is COCCNC(=O)COC(=O)Cc1ccc2c(c1)CCC2. The third-order valence-corrected chi connectivity index (χ3v) is 3.50. The van der Waals surface area contributed by atoms with Gasteiger partial charge in [-0.25, -0.2) is 0 Å². The summed E-state index contributed by atoms with van der Waals surface area (Å²) in [6, 6.07) is 6.12. The second kappa shape index (κ2) is 7.78. The third kappa shape index (κ3) is 4.86. The van der Waals surface area contributed by atoms with E-state index in [-0.39, 0.29) is 24.9 Å². The molecule has 2 rings (SSSR count). The number of esters is 1. The molecule has 0 unspecified atom stereocenters. The van der Waals surface area contributed by atoms with Crippen LogP contribution < -0.4 is 5.32 Å². The number of hydrogen-bond acceptors (Lipinski definition) is 4. The minimum Gasteiger partial charge on any atom is -0.455 e. The average Bonchev–Trinajstić information content (AvgIpc) is 2.93. The first-order valence-corrected chi connectivity index (χ1v) is 7.21. The van der Waals surface area contributed by atoms with E-state index in [0.29, 0.717) is 13.2 Å². The molecule has 1 aromatic rings. The van der Waals surface area contributed by atoms with E-state index in [9.17, 15) is 9.59 Å². The molecule has 0 radical (unpaired) electrons. The molecule has 1 aromatic carbocycles. The van der Waals surface area contributed by atoms with Crippen LogP contribution in [0.3, 0.4) is 0 Å². The first-order chi connectivity index (χ1) is 10.2. The van der Waals surface area contributed by atoms with Crippen molar-refractivity contribution in [3.05, 3.63) is 34.9 Å². The fraction of sp³-hybridized carbons (Fsp3) is 0.500. The number of carbonyl (C=O) groups is 2. The molecule has 21 heavy (non-hydrogen) atoms. The molecule has 0 aromatic heterocycles. The van der Waals surface area contributed by atoms with Crippen molar-refractivity contribution in [2.24, 2.45) is 0 Å². The zero-order valence-corrected chi connectivity index (χ0v) is 12.3. The number of methoxy groups -OCH3 is 1. The van der Waals surface area contributed by atoms with Gasteiger partial charge < -0.3 is 14.8 Å². The Morgan fingerprint density at radius 1 is 1.24 bits per heavy atom. The lowest BCUT2D eigenvalue weighted by Crippen LogP contribution is -2.31. The minimum atomic E-state index is -0.380. The zero-order valence-electron chi connectivity index (χ0n) is 12.3. The van der Waals surface area contributed by atoms with Crippen molar-refractivity contribution >= 4 is 11.9 Å². The van der Waals surface area contributed by atoms with E-state index in [1.807, 2.05) is 6.07 Å². The van der Waals surface area contributed by atoms with Crippen LogP contribution in [0.4, 0.5) is 0 Å². The lowest BCUT2D eigenvalue weighted by Gasteiger charge is -2.07. The number of carbonyl (C=O) groups excluding carboxylic acids is 2. The molecular weight excluding hydrogens is 270 g/mol. The largest absolute Gasteiger partial charge is 0.455 e. The smallest absolute Gasteiger partial charge is 0.310 e. The number of benzene rings is 1. The summed E-state index contributed by atoms with van der Waals surface area (Å²) in [6.07, 6.45) is 3.60. The van der Waals surface area contributed by atoms with Crippen LogP contribution in [0.15, 0.2) is 18.2 Å². The molecule has 0 saturated heterocycles. The van der Waals surface area contributed by atoms with Gasteiger partial charge in [-0.15, -0.1) is 0 Å². The summed E-state index contributed by atoms with van der Waals surface area (Å²) in [5.74, 6) is -0.691. The molecule has 5 nitrogen and oxygen atoms in total. The van der Waals surface area contributed by atoms with Crippen molar-refractivity contribution in [2.45, 2.75) is 25.7 Å². The number of amides is 1. The zero-order chi connectivity index (χ0) is 15.1. The molecular formula is C16H21NO4. The van der Waals surface area contributed by atoms with Gasteiger partial charge in [0.05, 0.1) is 13.0 Å². The molecule has 0 bridgehead atoms. The maximum atomic E-state index is 11.7. The highest BCUT2D eigenvalue weighted by molar-refractivity contribution is 5.81. The summed E-state index contributed by atoms with van der Waals surface area (Å²) in [5.41, 5.74) is 3.66. The van der Waals surface area contributed by atoms with Gasteiger partial charge in [0.25, 0.3) is 5.91 Å². The van der Waals surface area contributed by atoms with Gasteiger partial charge in [0.1, 0.15) is 0 Å². The Hall–Kier alpha value is -1.88. The van der Waals surface area contributed by atoms with E-state index < -0.39 is 0 Å². The van der Waals surface area contributed by atoms with Gasteiger partial charge in [0.15, 0.2) is 6.61 Å². The summed E-state index contributed by atoms with van der Waals surface area (Å²) in [7, 11) is 1.56. The molecule has 0 saturated carbocycles. The molecule has 1 aliphatic carbocycles. The van der Waals surface area contributed by atoms with Gasteiger partial charge in [-0.05, 0) is 36.0 Å². The van der Waals surface area contributed by atoms with Gasteiger partial charge in [0.2, 0.25) is 0 Å². The number of fused-ring (bicyclic) bond motifs is 1. The van der Waals surface area contributed by atoms with Crippen LogP contribution >= 0.6 is 0 Å². The van der Waals surface area contributed by atoms with Crippen LogP contribution in [0.2, 0.25) is 0 Å². The lowest BCUT2D eigenvalue weighted by molar-refractivity contribution is -0.147. The monoisotopic (exact) mass is 291 g/mol. The Kier molecular flexibility index (Phi) is 5.75. The van der Waals surface area contributed by atoms with Crippen LogP contribution in [0.5, 0.6) is 0 Å². The number of ether oxygens (including phenoxy) is 2. The normalized spacial score (nSPS) is 12.8. The summed E-state index contributed by atoms with van der Waals surface area (Å²) >= 11 is 0. The second-order valence-electron chi connectivity index (χ2n) is 5.14. The predicted octanol–water partition coefficient (Wildman–Crippen LogP) is 1.02. The predicted molar refractivity (Wildman–Crippen MR) is 78.0 cm³/mol. The van der Waals surface area contributed by atoms with Gasteiger partial charge in [0, 0.05) is 13.7 Å². The van der Waals surface area contributed by atoms with Crippen molar-refractivity contribution in [1.29, 1.82) is 0 Å². The van der Waals surface area contributed by atoms with Crippen molar-refractivity contribution < 1.29 is 19.1 Å². The Morgan fingerprint density at radius 2 is 2.05 bits per heavy atom. The molecule has 0 spiro atoms. The summed E-state index contributed by atoms with van der Waals surface area (Å²) < 4.78 is 9.78. The van der Waals surface area contributed by atoms with Gasteiger partial charge in [-0.2, -0.15) is 0 Å². The van der Waals surface area contributed by atoms with Crippen molar-refractivity contribution in [3.63, 3.8) is 0 Å². The van der Waals surface area contributed by atoms with Gasteiger partial charge in [-0.3, -0.25) is 9.59 Å². The van der Waals surface area contributed by atoms with Crippen LogP contribution in [-0.2, 0) is 38.3 Å². The summed E-state index contributed by atoms with van der Waals surface area (Å²) in [6.45, 7) is 0.611. The highest BCUT2D eigenvalue weighted by Crippen LogP contribution is 2.23. The van der Waals surface area contributed by atoms with Crippen LogP contribution in [0.1, 0.15) is 23.1 Å². The summed E-state index contributed by atoms with van der Waals surface area (Å²) in [5, 5.41) is 2.60. The molecule has 1 aliphatic rings. The molecule has 0 heterocycles. The first kappa shape index (κ1) is 15.5. The maximum absolute atomic E-state index is 11.7. The highest BCUT2D eigenvalue weighted by atomic mass is 16.5. The number of nitrogens with one attached hydrogen (secondary N) is 1. The molecule has 1 amide bonds. The number of hydrogen-bond donors (Lipinski definition) is 1. The Morgan fingerprint density at radius 3 is 2.86 bits per heavy atom. The van der Waals surface area contributed by atoms with Crippen molar-refractivity contribution in [1.82, 2.24) is 5.32 Å². The molecule has 0 atom stereocenters. The number of aryl methyl sites for hydroxylation is 2. The Labute approximate surface area is 124 Å². The maximum Gasteiger partial charge on any atom is 0.310 e. The van der Waals surface area contributed by atoms with Crippen LogP contribution in [0, 0.1) is 0 Å². The van der Waals surface area contributed by atoms with Gasteiger partial charge >= 0.3 is 5.97 Å². The topological polar surface area (TPSA) is 64.6 Å². The van der Waals surface area contributed by atoms with Gasteiger partial charge in [-0.1, -0.05) is 18.2 Å². The molecule has 0 aliphatic heterocycles. The third-order valence-electron chi connectivity index (χ3n) is 3.50. The fourth-order valence-electron chi connectivity index (χ4n) is 2.44. The Balaban J connectivity index is 1.73. The lowest BCUT2D eigenvalue weighted by atomic mass is 10.0. The van der Waals surface area contributed by atoms with E-state index in [0.717, 1.165) is 18.4 Å². The quantitative estimate of drug-likeness (QED) is 0.602. The average molecular weight is 291 g/mol. The fourth-order valence-corrected chi connectivity index (χ4v) is 2.44. The van der Waals surface area contributed by atoms with E-state index in [2.05, 4.69) is 17.4 Å². The minimum absolute atomic E-state index is 0.207. The van der Waals surface area contributed by atoms with Crippen molar-refractivity contribution in [2.75, 3.05) is 26.9 Å². The number of rotatable bonds is 7. The molecule has 5 heteroatoms. The molecule has 1 N–H and O–H groups in total. The van der Waals surface area contributed by atoms with E-state index in [1.165, 1.54) is 17.5 Å². The van der Waals surface area contributed by atoms with E-state index in [4.69, 9.17) is 9.47 Å². The van der Waals surface area contributed by atoms with Crippen LogP contribution in [0.25, 0.3) is 0 Å². The second-order valence-corrected chi connectivity index (χ2v) is 5.14. The van der Waals surface area contributed by atoms with Crippen molar-refractivity contribution in [3.8, 4) is 0 Å². The highest BCUT2D eigenvalue weighted by Gasteiger charge is 2.13. The van der Waals surface area contributed by atoms with E-state index in [1.54, 1.807) is 7.11 Å². The molecule has 114 valence electrons. The Bertz CT molecular complexity index is 513.